The van der Waals surface area contributed by atoms with Gasteiger partial charge < -0.3 is 15.2 Å². The molecule has 0 amide bonds. The second kappa shape index (κ2) is 11.1. The summed E-state index contributed by atoms with van der Waals surface area (Å²) in [7, 11) is 1.25. The van der Waals surface area contributed by atoms with Crippen molar-refractivity contribution in [3.05, 3.63) is 86.0 Å². The zero-order valence-corrected chi connectivity index (χ0v) is 24.0. The van der Waals surface area contributed by atoms with Gasteiger partial charge in [-0.1, -0.05) is 17.7 Å². The molecule has 3 heterocycles. The zero-order valence-electron chi connectivity index (χ0n) is 22.4. The Labute approximate surface area is 248 Å². The number of allylic oxidation sites excluding steroid dienone is 1. The van der Waals surface area contributed by atoms with Crippen LogP contribution in [0.5, 0.6) is 0 Å². The number of carbonyl (C=O) groups is 2. The van der Waals surface area contributed by atoms with Crippen LogP contribution in [0.4, 0.5) is 8.78 Å². The van der Waals surface area contributed by atoms with Crippen molar-refractivity contribution in [2.75, 3.05) is 7.11 Å². The summed E-state index contributed by atoms with van der Waals surface area (Å²) < 4.78 is 33.7. The van der Waals surface area contributed by atoms with Gasteiger partial charge in [-0.3, -0.25) is 9.79 Å². The molecule has 1 aliphatic heterocycles. The van der Waals surface area contributed by atoms with E-state index < -0.39 is 40.1 Å². The van der Waals surface area contributed by atoms with Crippen LogP contribution in [0, 0.1) is 17.6 Å². The van der Waals surface area contributed by atoms with E-state index in [1.807, 2.05) is 0 Å². The SMILES string of the molecule is COC(=O)C1=C([C@H]2CC[C@H](c3ncc(C4(C(=O)O)CC4)cn3)CC2)NC(c2nccs2)=NC1c1ccc(F)c(F)c1Cl. The molecule has 1 aromatic carbocycles. The van der Waals surface area contributed by atoms with E-state index in [1.54, 1.807) is 24.0 Å². The number of nitrogens with zero attached hydrogens (tertiary/aromatic N) is 4. The number of hydrogen-bond acceptors (Lipinski definition) is 9. The Morgan fingerprint density at radius 3 is 2.38 bits per heavy atom. The Morgan fingerprint density at radius 1 is 1.10 bits per heavy atom. The van der Waals surface area contributed by atoms with Gasteiger partial charge in [0.05, 0.1) is 23.1 Å². The molecule has 42 heavy (non-hydrogen) atoms. The van der Waals surface area contributed by atoms with Crippen LogP contribution in [0.2, 0.25) is 5.02 Å². The van der Waals surface area contributed by atoms with Gasteiger partial charge in [0.1, 0.15) is 11.9 Å². The van der Waals surface area contributed by atoms with E-state index in [0.29, 0.717) is 66.5 Å². The predicted octanol–water partition coefficient (Wildman–Crippen LogP) is 5.47. The molecule has 2 N–H and O–H groups in total. The molecule has 0 saturated heterocycles. The second-order valence-corrected chi connectivity index (χ2v) is 12.0. The van der Waals surface area contributed by atoms with Crippen molar-refractivity contribution in [1.82, 2.24) is 20.3 Å². The van der Waals surface area contributed by atoms with Crippen LogP contribution in [-0.2, 0) is 19.7 Å². The number of benzene rings is 1. The average molecular weight is 614 g/mol. The van der Waals surface area contributed by atoms with Gasteiger partial charge in [-0.2, -0.15) is 0 Å². The molecule has 1 atom stereocenters. The van der Waals surface area contributed by atoms with Crippen molar-refractivity contribution < 1.29 is 28.2 Å². The van der Waals surface area contributed by atoms with Crippen molar-refractivity contribution in [2.45, 2.75) is 55.9 Å². The average Bonchev–Trinajstić information content (AvgIpc) is 3.65. The van der Waals surface area contributed by atoms with Crippen LogP contribution in [-0.4, -0.2) is 44.9 Å². The highest BCUT2D eigenvalue weighted by Crippen LogP contribution is 2.48. The Bertz CT molecular complexity index is 1600. The maximum absolute atomic E-state index is 14.6. The number of aromatic nitrogens is 3. The molecule has 2 saturated carbocycles. The molecule has 13 heteroatoms. The van der Waals surface area contributed by atoms with Crippen LogP contribution >= 0.6 is 22.9 Å². The van der Waals surface area contributed by atoms with E-state index in [1.165, 1.54) is 24.5 Å². The lowest BCUT2D eigenvalue weighted by Gasteiger charge is -2.34. The molecular formula is C29H26ClF2N5O4S. The fourth-order valence-corrected chi connectivity index (χ4v) is 6.68. The first-order valence-corrected chi connectivity index (χ1v) is 14.8. The summed E-state index contributed by atoms with van der Waals surface area (Å²) in [6, 6.07) is 1.24. The quantitative estimate of drug-likeness (QED) is 0.265. The van der Waals surface area contributed by atoms with E-state index in [9.17, 15) is 23.5 Å². The van der Waals surface area contributed by atoms with Gasteiger partial charge in [-0.05, 0) is 50.5 Å². The number of halogens is 3. The maximum Gasteiger partial charge on any atom is 0.338 e. The zero-order chi connectivity index (χ0) is 29.6. The number of hydrogen-bond donors (Lipinski definition) is 2. The summed E-state index contributed by atoms with van der Waals surface area (Å²) in [5, 5.41) is 14.8. The van der Waals surface area contributed by atoms with Crippen LogP contribution in [0.3, 0.4) is 0 Å². The second-order valence-electron chi connectivity index (χ2n) is 10.7. The molecule has 2 fully saturated rings. The van der Waals surface area contributed by atoms with Crippen LogP contribution < -0.4 is 5.32 Å². The molecule has 218 valence electrons. The predicted molar refractivity (Wildman–Crippen MR) is 150 cm³/mol. The number of carboxylic acids is 1. The van der Waals surface area contributed by atoms with Crippen LogP contribution in [0.1, 0.15) is 72.4 Å². The minimum Gasteiger partial charge on any atom is -0.481 e. The lowest BCUT2D eigenvalue weighted by atomic mass is 9.77. The van der Waals surface area contributed by atoms with Crippen molar-refractivity contribution in [3.63, 3.8) is 0 Å². The number of amidine groups is 1. The molecular weight excluding hydrogens is 588 g/mol. The van der Waals surface area contributed by atoms with Crippen molar-refractivity contribution >= 4 is 40.7 Å². The smallest absolute Gasteiger partial charge is 0.338 e. The number of rotatable bonds is 7. The van der Waals surface area contributed by atoms with Crippen molar-refractivity contribution in [2.24, 2.45) is 10.9 Å². The number of carboxylic acid groups (broad SMARTS) is 1. The van der Waals surface area contributed by atoms with E-state index >= 15 is 0 Å². The number of nitrogens with one attached hydrogen (secondary N) is 1. The lowest BCUT2D eigenvalue weighted by molar-refractivity contribution is -0.140. The summed E-state index contributed by atoms with van der Waals surface area (Å²) in [5.74, 6) is -2.82. The lowest BCUT2D eigenvalue weighted by Crippen LogP contribution is -2.37. The molecule has 9 nitrogen and oxygen atoms in total. The highest BCUT2D eigenvalue weighted by molar-refractivity contribution is 7.11. The molecule has 6 rings (SSSR count). The van der Waals surface area contributed by atoms with E-state index in [0.717, 1.165) is 6.07 Å². The van der Waals surface area contributed by atoms with Crippen LogP contribution in [0.25, 0.3) is 0 Å². The molecule has 3 aliphatic rings. The van der Waals surface area contributed by atoms with Gasteiger partial charge in [-0.15, -0.1) is 11.3 Å². The summed E-state index contributed by atoms with van der Waals surface area (Å²) in [5.41, 5.74) is 0.671. The first-order valence-electron chi connectivity index (χ1n) is 13.5. The number of aliphatic imine (C=N–C) groups is 1. The van der Waals surface area contributed by atoms with Crippen molar-refractivity contribution in [3.8, 4) is 0 Å². The Morgan fingerprint density at radius 2 is 1.79 bits per heavy atom. The first kappa shape index (κ1) is 28.4. The van der Waals surface area contributed by atoms with Crippen molar-refractivity contribution in [1.29, 1.82) is 0 Å². The number of ether oxygens (including phenoxy) is 1. The summed E-state index contributed by atoms with van der Waals surface area (Å²) in [6.07, 6.45) is 8.82. The molecule has 2 aliphatic carbocycles. The Balaban J connectivity index is 1.31. The van der Waals surface area contributed by atoms with Gasteiger partial charge in [0.15, 0.2) is 22.5 Å². The number of carbonyl (C=O) groups excluding carboxylic acids is 1. The van der Waals surface area contributed by atoms with Gasteiger partial charge in [-0.25, -0.2) is 28.5 Å². The number of aliphatic carboxylic acids is 1. The third-order valence-corrected chi connectivity index (χ3v) is 9.52. The summed E-state index contributed by atoms with van der Waals surface area (Å²) >= 11 is 7.60. The molecule has 2 aromatic heterocycles. The van der Waals surface area contributed by atoms with Gasteiger partial charge in [0.2, 0.25) is 0 Å². The number of thiazole rings is 1. The van der Waals surface area contributed by atoms with E-state index in [4.69, 9.17) is 16.3 Å². The van der Waals surface area contributed by atoms with Gasteiger partial charge >= 0.3 is 11.9 Å². The molecule has 0 spiro atoms. The van der Waals surface area contributed by atoms with Gasteiger partial charge in [0.25, 0.3) is 0 Å². The van der Waals surface area contributed by atoms with E-state index in [-0.39, 0.29) is 23.0 Å². The normalized spacial score (nSPS) is 23.1. The molecule has 1 unspecified atom stereocenters. The minimum absolute atomic E-state index is 0.0598. The topological polar surface area (TPSA) is 127 Å². The highest BCUT2D eigenvalue weighted by Gasteiger charge is 2.52. The fourth-order valence-electron chi connectivity index (χ4n) is 5.84. The first-order chi connectivity index (χ1) is 20.2. The standard InChI is InChI=1S/C29H26ClF2N5O4S/c1-41-27(38)19-22(14-2-4-15(5-3-14)24-34-12-16(13-35-24)29(8-9-29)28(39)40)36-25(26-33-10-11-42-26)37-23(19)17-6-7-18(31)21(32)20(17)30/h6-7,10-15,23H,2-5,8-9H2,1H3,(H,36,37)(H,39,40)/t14-,15-,23?. The Kier molecular flexibility index (Phi) is 7.52. The highest BCUT2D eigenvalue weighted by atomic mass is 35.5. The third kappa shape index (κ3) is 4.96. The Hall–Kier alpha value is -3.77. The molecule has 0 radical (unpaired) electrons. The van der Waals surface area contributed by atoms with Crippen LogP contribution in [0.15, 0.2) is 52.4 Å². The third-order valence-electron chi connectivity index (χ3n) is 8.36. The fraction of sp³-hybridized carbons (Fsp3) is 0.379. The monoisotopic (exact) mass is 613 g/mol. The van der Waals surface area contributed by atoms with E-state index in [2.05, 4.69) is 25.3 Å². The largest absolute Gasteiger partial charge is 0.481 e. The maximum atomic E-state index is 14.6. The van der Waals surface area contributed by atoms with Gasteiger partial charge in [0, 0.05) is 46.7 Å². The molecule has 0 bridgehead atoms. The minimum atomic E-state index is -1.22. The number of esters is 1. The summed E-state index contributed by atoms with van der Waals surface area (Å²) in [6.45, 7) is 0. The number of methoxy groups -OCH3 is 1. The summed E-state index contributed by atoms with van der Waals surface area (Å²) in [4.78, 5) is 43.0. The molecule has 3 aromatic rings.